The average molecular weight is 173 g/mol. The zero-order chi connectivity index (χ0) is 9.56. The Balaban J connectivity index is 3.85. The van der Waals surface area contributed by atoms with Gasteiger partial charge >= 0.3 is 5.97 Å². The molecule has 0 bridgehead atoms. The number of aliphatic carboxylic acids is 1. The number of likely N-dealkylation sites (N-methyl/N-ethyl adjacent to an activating group) is 1. The molecule has 0 amide bonds. The van der Waals surface area contributed by atoms with Gasteiger partial charge in [0, 0.05) is 0 Å². The van der Waals surface area contributed by atoms with Crippen molar-refractivity contribution in [2.75, 3.05) is 7.05 Å². The number of carboxylic acid groups (broad SMARTS) is 1. The third-order valence-corrected chi connectivity index (χ3v) is 2.16. The molecule has 12 heavy (non-hydrogen) atoms. The standard InChI is InChI=1S/C9H19NO2/c1-4-5-6-7(2)8(10-3)9(11)12/h7-8,10H,4-6H2,1-3H3,(H,11,12). The SMILES string of the molecule is CCCCC(C)C(NC)C(=O)O. The third kappa shape index (κ3) is 3.72. The molecule has 0 aromatic heterocycles. The summed E-state index contributed by atoms with van der Waals surface area (Å²) in [5, 5.41) is 11.6. The monoisotopic (exact) mass is 173 g/mol. The molecular weight excluding hydrogens is 154 g/mol. The van der Waals surface area contributed by atoms with E-state index in [2.05, 4.69) is 12.2 Å². The van der Waals surface area contributed by atoms with Crippen LogP contribution >= 0.6 is 0 Å². The number of carboxylic acids is 1. The van der Waals surface area contributed by atoms with E-state index in [9.17, 15) is 4.79 Å². The molecule has 0 radical (unpaired) electrons. The predicted molar refractivity (Wildman–Crippen MR) is 49.2 cm³/mol. The van der Waals surface area contributed by atoms with E-state index in [-0.39, 0.29) is 5.92 Å². The van der Waals surface area contributed by atoms with E-state index in [1.165, 1.54) is 0 Å². The number of unbranched alkanes of at least 4 members (excludes halogenated alkanes) is 1. The number of hydrogen-bond acceptors (Lipinski definition) is 2. The lowest BCUT2D eigenvalue weighted by atomic mass is 9.96. The lowest BCUT2D eigenvalue weighted by molar-refractivity contribution is -0.140. The number of nitrogens with one attached hydrogen (secondary N) is 1. The Labute approximate surface area is 74.2 Å². The topological polar surface area (TPSA) is 49.3 Å². The third-order valence-electron chi connectivity index (χ3n) is 2.16. The molecule has 2 N–H and O–H groups in total. The summed E-state index contributed by atoms with van der Waals surface area (Å²) >= 11 is 0. The second kappa shape index (κ2) is 6.00. The molecule has 2 unspecified atom stereocenters. The van der Waals surface area contributed by atoms with Crippen LogP contribution in [0.4, 0.5) is 0 Å². The second-order valence-electron chi connectivity index (χ2n) is 3.22. The maximum Gasteiger partial charge on any atom is 0.320 e. The number of carbonyl (C=O) groups is 1. The van der Waals surface area contributed by atoms with Crippen molar-refractivity contribution < 1.29 is 9.90 Å². The van der Waals surface area contributed by atoms with Gasteiger partial charge in [-0.15, -0.1) is 0 Å². The van der Waals surface area contributed by atoms with Crippen LogP contribution in [0, 0.1) is 5.92 Å². The van der Waals surface area contributed by atoms with Gasteiger partial charge in [-0.25, -0.2) is 0 Å². The molecular formula is C9H19NO2. The Morgan fingerprint density at radius 2 is 2.17 bits per heavy atom. The van der Waals surface area contributed by atoms with Gasteiger partial charge in [0.1, 0.15) is 6.04 Å². The molecule has 0 aromatic carbocycles. The van der Waals surface area contributed by atoms with Crippen molar-refractivity contribution >= 4 is 5.97 Å². The molecule has 0 rings (SSSR count). The van der Waals surface area contributed by atoms with E-state index >= 15 is 0 Å². The van der Waals surface area contributed by atoms with Crippen LogP contribution in [-0.2, 0) is 4.79 Å². The summed E-state index contributed by atoms with van der Waals surface area (Å²) in [7, 11) is 1.70. The van der Waals surface area contributed by atoms with Crippen molar-refractivity contribution in [3.8, 4) is 0 Å². The highest BCUT2D eigenvalue weighted by Gasteiger charge is 2.21. The van der Waals surface area contributed by atoms with Gasteiger partial charge in [0.15, 0.2) is 0 Å². The molecule has 0 aliphatic carbocycles. The molecule has 3 nitrogen and oxygen atoms in total. The van der Waals surface area contributed by atoms with Gasteiger partial charge < -0.3 is 10.4 Å². The smallest absolute Gasteiger partial charge is 0.320 e. The lowest BCUT2D eigenvalue weighted by Gasteiger charge is -2.18. The summed E-state index contributed by atoms with van der Waals surface area (Å²) < 4.78 is 0. The first kappa shape index (κ1) is 11.4. The summed E-state index contributed by atoms with van der Waals surface area (Å²) in [4.78, 5) is 10.7. The van der Waals surface area contributed by atoms with E-state index in [4.69, 9.17) is 5.11 Å². The van der Waals surface area contributed by atoms with Crippen LogP contribution in [0.5, 0.6) is 0 Å². The summed E-state index contributed by atoms with van der Waals surface area (Å²) in [6.45, 7) is 4.09. The highest BCUT2D eigenvalue weighted by atomic mass is 16.4. The van der Waals surface area contributed by atoms with Crippen molar-refractivity contribution in [1.82, 2.24) is 5.32 Å². The first-order valence-corrected chi connectivity index (χ1v) is 4.53. The average Bonchev–Trinajstić information content (AvgIpc) is 2.01. The maximum absolute atomic E-state index is 10.7. The van der Waals surface area contributed by atoms with E-state index in [0.29, 0.717) is 0 Å². The summed E-state index contributed by atoms with van der Waals surface area (Å²) in [6, 6.07) is -0.392. The largest absolute Gasteiger partial charge is 0.480 e. The van der Waals surface area contributed by atoms with E-state index in [0.717, 1.165) is 19.3 Å². The Kier molecular flexibility index (Phi) is 5.72. The molecule has 0 aromatic rings. The molecule has 0 saturated heterocycles. The predicted octanol–water partition coefficient (Wildman–Crippen LogP) is 1.49. The van der Waals surface area contributed by atoms with E-state index < -0.39 is 12.0 Å². The van der Waals surface area contributed by atoms with Crippen molar-refractivity contribution in [2.45, 2.75) is 39.2 Å². The van der Waals surface area contributed by atoms with Gasteiger partial charge in [0.2, 0.25) is 0 Å². The zero-order valence-corrected chi connectivity index (χ0v) is 8.13. The first-order valence-electron chi connectivity index (χ1n) is 4.53. The fourth-order valence-electron chi connectivity index (χ4n) is 1.34. The minimum Gasteiger partial charge on any atom is -0.480 e. The van der Waals surface area contributed by atoms with Crippen LogP contribution < -0.4 is 5.32 Å². The fraction of sp³-hybridized carbons (Fsp3) is 0.889. The maximum atomic E-state index is 10.7. The molecule has 2 atom stereocenters. The minimum atomic E-state index is -0.749. The van der Waals surface area contributed by atoms with Crippen molar-refractivity contribution in [2.24, 2.45) is 5.92 Å². The molecule has 0 heterocycles. The number of rotatable bonds is 6. The van der Waals surface area contributed by atoms with Gasteiger partial charge in [-0.1, -0.05) is 26.7 Å². The van der Waals surface area contributed by atoms with Gasteiger partial charge in [-0.05, 0) is 19.4 Å². The fourth-order valence-corrected chi connectivity index (χ4v) is 1.34. The summed E-state index contributed by atoms with van der Waals surface area (Å²) in [5.41, 5.74) is 0. The summed E-state index contributed by atoms with van der Waals surface area (Å²) in [5.74, 6) is -0.534. The molecule has 0 aliphatic heterocycles. The Morgan fingerprint density at radius 1 is 1.58 bits per heavy atom. The van der Waals surface area contributed by atoms with Crippen molar-refractivity contribution in [3.05, 3.63) is 0 Å². The van der Waals surface area contributed by atoms with Crippen LogP contribution in [0.1, 0.15) is 33.1 Å². The van der Waals surface area contributed by atoms with Crippen LogP contribution in [0.2, 0.25) is 0 Å². The molecule has 0 saturated carbocycles. The van der Waals surface area contributed by atoms with Gasteiger partial charge in [-0.3, -0.25) is 4.79 Å². The molecule has 72 valence electrons. The van der Waals surface area contributed by atoms with Crippen molar-refractivity contribution in [3.63, 3.8) is 0 Å². The highest BCUT2D eigenvalue weighted by Crippen LogP contribution is 2.12. The van der Waals surface area contributed by atoms with Crippen LogP contribution in [0.15, 0.2) is 0 Å². The quantitative estimate of drug-likeness (QED) is 0.639. The summed E-state index contributed by atoms with van der Waals surface area (Å²) in [6.07, 6.45) is 3.21. The van der Waals surface area contributed by atoms with E-state index in [1.807, 2.05) is 6.92 Å². The van der Waals surface area contributed by atoms with Crippen LogP contribution in [-0.4, -0.2) is 24.2 Å². The highest BCUT2D eigenvalue weighted by molar-refractivity contribution is 5.73. The Morgan fingerprint density at radius 3 is 2.50 bits per heavy atom. The first-order chi connectivity index (χ1) is 5.63. The zero-order valence-electron chi connectivity index (χ0n) is 8.13. The molecule has 0 aliphatic rings. The van der Waals surface area contributed by atoms with Crippen LogP contribution in [0.25, 0.3) is 0 Å². The molecule has 0 fully saturated rings. The molecule has 0 spiro atoms. The van der Waals surface area contributed by atoms with Gasteiger partial charge in [0.25, 0.3) is 0 Å². The van der Waals surface area contributed by atoms with Gasteiger partial charge in [0.05, 0.1) is 0 Å². The molecule has 3 heteroatoms. The van der Waals surface area contributed by atoms with Gasteiger partial charge in [-0.2, -0.15) is 0 Å². The second-order valence-corrected chi connectivity index (χ2v) is 3.22. The lowest BCUT2D eigenvalue weighted by Crippen LogP contribution is -2.39. The number of hydrogen-bond donors (Lipinski definition) is 2. The Bertz CT molecular complexity index is 136. The normalized spacial score (nSPS) is 15.6. The Hall–Kier alpha value is -0.570. The van der Waals surface area contributed by atoms with Crippen LogP contribution in [0.3, 0.4) is 0 Å². The minimum absolute atomic E-state index is 0.215. The van der Waals surface area contributed by atoms with Crippen molar-refractivity contribution in [1.29, 1.82) is 0 Å². The van der Waals surface area contributed by atoms with E-state index in [1.54, 1.807) is 7.05 Å².